The van der Waals surface area contributed by atoms with Crippen molar-refractivity contribution in [1.82, 2.24) is 5.32 Å². The second-order valence-corrected chi connectivity index (χ2v) is 5.26. The van der Waals surface area contributed by atoms with Crippen molar-refractivity contribution in [3.63, 3.8) is 0 Å². The predicted molar refractivity (Wildman–Crippen MR) is 74.4 cm³/mol. The summed E-state index contributed by atoms with van der Waals surface area (Å²) < 4.78 is 5.26. The molecule has 0 aliphatic heterocycles. The van der Waals surface area contributed by atoms with Crippen LogP contribution in [0, 0.1) is 5.92 Å². The topological polar surface area (TPSA) is 139 Å². The van der Waals surface area contributed by atoms with Crippen LogP contribution in [-0.2, 0) is 9.53 Å². The molecule has 0 saturated carbocycles. The number of ether oxygens (including phenoxy) is 1. The summed E-state index contributed by atoms with van der Waals surface area (Å²) in [7, 11) is 0. The zero-order valence-corrected chi connectivity index (χ0v) is 12.5. The van der Waals surface area contributed by atoms with Gasteiger partial charge in [-0.15, -0.1) is 0 Å². The first kappa shape index (κ1) is 20.2. The fraction of sp³-hybridized carbons (Fsp3) is 0.923. The fourth-order valence-electron chi connectivity index (χ4n) is 1.45. The minimum Gasteiger partial charge on any atom is -0.394 e. The average Bonchev–Trinajstić information content (AvgIpc) is 2.46. The zero-order chi connectivity index (χ0) is 16.4. The number of rotatable bonds is 11. The molecule has 0 aromatic heterocycles. The molecule has 0 radical (unpaired) electrons. The Morgan fingerprint density at radius 1 is 1.10 bits per heavy atom. The second kappa shape index (κ2) is 10.9. The monoisotopic (exact) mass is 309 g/mol. The van der Waals surface area contributed by atoms with Gasteiger partial charge in [0, 0.05) is 13.2 Å². The number of aliphatic hydroxyl groups is 5. The van der Waals surface area contributed by atoms with Crippen molar-refractivity contribution in [1.29, 1.82) is 0 Å². The summed E-state index contributed by atoms with van der Waals surface area (Å²) in [5.41, 5.74) is 0. The van der Waals surface area contributed by atoms with Crippen molar-refractivity contribution in [2.24, 2.45) is 5.92 Å². The molecule has 1 amide bonds. The summed E-state index contributed by atoms with van der Waals surface area (Å²) in [6.07, 6.45) is -6.36. The SMILES string of the molecule is CC(C)CCOCCNC(=O)C(O)C(O)C(O)C(O)CO. The Morgan fingerprint density at radius 3 is 2.24 bits per heavy atom. The number of nitrogens with one attached hydrogen (secondary N) is 1. The molecule has 0 rings (SSSR count). The second-order valence-electron chi connectivity index (χ2n) is 5.26. The van der Waals surface area contributed by atoms with Crippen LogP contribution in [0.5, 0.6) is 0 Å². The fourth-order valence-corrected chi connectivity index (χ4v) is 1.45. The van der Waals surface area contributed by atoms with Crippen LogP contribution in [0.4, 0.5) is 0 Å². The minimum atomic E-state index is -1.91. The van der Waals surface area contributed by atoms with Gasteiger partial charge in [0.05, 0.1) is 13.2 Å². The van der Waals surface area contributed by atoms with Crippen molar-refractivity contribution >= 4 is 5.91 Å². The molecule has 0 aliphatic carbocycles. The summed E-state index contributed by atoms with van der Waals surface area (Å²) in [5, 5.41) is 48.5. The third kappa shape index (κ3) is 8.30. The molecule has 0 heterocycles. The van der Waals surface area contributed by atoms with E-state index in [1.165, 1.54) is 0 Å². The van der Waals surface area contributed by atoms with E-state index in [2.05, 4.69) is 19.2 Å². The number of amides is 1. The highest BCUT2D eigenvalue weighted by atomic mass is 16.5. The summed E-state index contributed by atoms with van der Waals surface area (Å²) in [6, 6.07) is 0. The smallest absolute Gasteiger partial charge is 0.251 e. The van der Waals surface area contributed by atoms with E-state index < -0.39 is 36.9 Å². The van der Waals surface area contributed by atoms with E-state index in [0.29, 0.717) is 12.5 Å². The molecule has 0 saturated heterocycles. The molecule has 0 fully saturated rings. The number of hydrogen-bond donors (Lipinski definition) is 6. The molecule has 0 aromatic rings. The van der Waals surface area contributed by atoms with Crippen LogP contribution in [0.2, 0.25) is 0 Å². The number of carbonyl (C=O) groups is 1. The molecule has 126 valence electrons. The molecule has 0 spiro atoms. The lowest BCUT2D eigenvalue weighted by Crippen LogP contribution is -2.52. The van der Waals surface area contributed by atoms with Gasteiger partial charge in [0.2, 0.25) is 0 Å². The van der Waals surface area contributed by atoms with Gasteiger partial charge in [0.1, 0.15) is 18.3 Å². The maximum Gasteiger partial charge on any atom is 0.251 e. The highest BCUT2D eigenvalue weighted by Crippen LogP contribution is 2.05. The quantitative estimate of drug-likeness (QED) is 0.234. The van der Waals surface area contributed by atoms with E-state index >= 15 is 0 Å². The summed E-state index contributed by atoms with van der Waals surface area (Å²) in [6.45, 7) is 4.32. The van der Waals surface area contributed by atoms with Crippen molar-refractivity contribution in [3.05, 3.63) is 0 Å². The highest BCUT2D eigenvalue weighted by Gasteiger charge is 2.33. The predicted octanol–water partition coefficient (Wildman–Crippen LogP) is -2.40. The summed E-state index contributed by atoms with van der Waals surface area (Å²) in [5.74, 6) is -0.366. The Balaban J connectivity index is 3.94. The molecule has 0 bridgehead atoms. The van der Waals surface area contributed by atoms with Gasteiger partial charge in [-0.2, -0.15) is 0 Å². The van der Waals surface area contributed by atoms with E-state index in [9.17, 15) is 20.1 Å². The third-order valence-electron chi connectivity index (χ3n) is 2.91. The van der Waals surface area contributed by atoms with Gasteiger partial charge in [-0.1, -0.05) is 13.8 Å². The van der Waals surface area contributed by atoms with Crippen molar-refractivity contribution in [2.75, 3.05) is 26.4 Å². The van der Waals surface area contributed by atoms with Crippen LogP contribution >= 0.6 is 0 Å². The largest absolute Gasteiger partial charge is 0.394 e. The van der Waals surface area contributed by atoms with Crippen molar-refractivity contribution in [3.8, 4) is 0 Å². The van der Waals surface area contributed by atoms with E-state index in [-0.39, 0.29) is 13.2 Å². The first-order valence-corrected chi connectivity index (χ1v) is 6.99. The standard InChI is InChI=1S/C13H27NO7/c1-8(2)3-5-21-6-4-14-13(20)12(19)11(18)10(17)9(16)7-15/h8-12,15-19H,3-7H2,1-2H3,(H,14,20). The number of carbonyl (C=O) groups excluding carboxylic acids is 1. The van der Waals surface area contributed by atoms with Gasteiger partial charge in [0.15, 0.2) is 6.10 Å². The molecule has 0 aliphatic rings. The molecule has 8 heteroatoms. The molecule has 4 unspecified atom stereocenters. The van der Waals surface area contributed by atoms with Crippen LogP contribution in [-0.4, -0.2) is 82.2 Å². The van der Waals surface area contributed by atoms with E-state index in [1.807, 2.05) is 0 Å². The van der Waals surface area contributed by atoms with E-state index in [4.69, 9.17) is 14.9 Å². The van der Waals surface area contributed by atoms with Gasteiger partial charge >= 0.3 is 0 Å². The summed E-state index contributed by atoms with van der Waals surface area (Å²) in [4.78, 5) is 11.5. The van der Waals surface area contributed by atoms with Gasteiger partial charge in [-0.25, -0.2) is 0 Å². The van der Waals surface area contributed by atoms with E-state index in [0.717, 1.165) is 6.42 Å². The Kier molecular flexibility index (Phi) is 10.5. The van der Waals surface area contributed by atoms with E-state index in [1.54, 1.807) is 0 Å². The molecule has 8 nitrogen and oxygen atoms in total. The highest BCUT2D eigenvalue weighted by molar-refractivity contribution is 5.81. The first-order chi connectivity index (χ1) is 9.81. The summed E-state index contributed by atoms with van der Waals surface area (Å²) >= 11 is 0. The van der Waals surface area contributed by atoms with Crippen molar-refractivity contribution in [2.45, 2.75) is 44.7 Å². The van der Waals surface area contributed by atoms with Gasteiger partial charge in [-0.05, 0) is 12.3 Å². The molecule has 0 aromatic carbocycles. The normalized spacial score (nSPS) is 17.3. The Labute approximate surface area is 124 Å². The molecule has 6 N–H and O–H groups in total. The van der Waals surface area contributed by atoms with Crippen LogP contribution in [0.3, 0.4) is 0 Å². The van der Waals surface area contributed by atoms with Gasteiger partial charge < -0.3 is 35.6 Å². The van der Waals surface area contributed by atoms with Crippen LogP contribution < -0.4 is 5.32 Å². The first-order valence-electron chi connectivity index (χ1n) is 6.99. The maximum absolute atomic E-state index is 11.5. The third-order valence-corrected chi connectivity index (χ3v) is 2.91. The van der Waals surface area contributed by atoms with Crippen LogP contribution in [0.1, 0.15) is 20.3 Å². The Morgan fingerprint density at radius 2 is 1.71 bits per heavy atom. The maximum atomic E-state index is 11.5. The van der Waals surface area contributed by atoms with Crippen LogP contribution in [0.25, 0.3) is 0 Å². The van der Waals surface area contributed by atoms with Gasteiger partial charge in [0.25, 0.3) is 5.91 Å². The lowest BCUT2D eigenvalue weighted by atomic mass is 10.0. The Hall–Kier alpha value is -0.770. The van der Waals surface area contributed by atoms with Gasteiger partial charge in [-0.3, -0.25) is 4.79 Å². The zero-order valence-electron chi connectivity index (χ0n) is 12.5. The molecule has 4 atom stereocenters. The molecular weight excluding hydrogens is 282 g/mol. The van der Waals surface area contributed by atoms with Crippen LogP contribution in [0.15, 0.2) is 0 Å². The number of aliphatic hydroxyl groups excluding tert-OH is 5. The Bertz CT molecular complexity index is 288. The number of hydrogen-bond acceptors (Lipinski definition) is 7. The lowest BCUT2D eigenvalue weighted by molar-refractivity contribution is -0.149. The average molecular weight is 309 g/mol. The minimum absolute atomic E-state index is 0.152. The van der Waals surface area contributed by atoms with Crippen molar-refractivity contribution < 1.29 is 35.1 Å². The lowest BCUT2D eigenvalue weighted by Gasteiger charge is -2.24. The molecule has 21 heavy (non-hydrogen) atoms. The molecular formula is C13H27NO7.